The van der Waals surface area contributed by atoms with Gasteiger partial charge in [-0.1, -0.05) is 35.5 Å². The summed E-state index contributed by atoms with van der Waals surface area (Å²) >= 11 is 1.48. The summed E-state index contributed by atoms with van der Waals surface area (Å²) in [6.07, 6.45) is 0.214. The number of nitro benzene ring substituents is 1. The first-order valence-electron chi connectivity index (χ1n) is 8.64. The second kappa shape index (κ2) is 8.05. The highest BCUT2D eigenvalue weighted by Gasteiger charge is 2.20. The van der Waals surface area contributed by atoms with Crippen LogP contribution in [0.4, 0.5) is 11.4 Å². The number of rotatable bonds is 7. The maximum absolute atomic E-state index is 12.8. The lowest BCUT2D eigenvalue weighted by molar-refractivity contribution is -0.385. The van der Waals surface area contributed by atoms with Gasteiger partial charge in [-0.2, -0.15) is 4.98 Å². The number of nitrogens with one attached hydrogen (secondary N) is 1. The number of hydrogen-bond acceptors (Lipinski definition) is 8. The molecule has 4 aromatic rings. The predicted octanol–water partition coefficient (Wildman–Crippen LogP) is 4.10. The number of aromatic nitrogens is 2. The number of thiophene rings is 1. The van der Waals surface area contributed by atoms with Gasteiger partial charge in [-0.3, -0.25) is 14.8 Å². The Bertz CT molecular complexity index is 1300. The van der Waals surface area contributed by atoms with E-state index in [1.165, 1.54) is 29.5 Å². The van der Waals surface area contributed by atoms with Gasteiger partial charge in [0.2, 0.25) is 11.7 Å². The fraction of sp³-hybridized carbons (Fsp3) is 0.0526. The lowest BCUT2D eigenvalue weighted by Crippen LogP contribution is -2.14. The molecule has 9 nitrogen and oxygen atoms in total. The Morgan fingerprint density at radius 1 is 1.10 bits per heavy atom. The van der Waals surface area contributed by atoms with Crippen LogP contribution in [0.5, 0.6) is 0 Å². The van der Waals surface area contributed by atoms with Crippen LogP contribution in [0.25, 0.3) is 10.7 Å². The Morgan fingerprint density at radius 2 is 1.93 bits per heavy atom. The van der Waals surface area contributed by atoms with Crippen molar-refractivity contribution in [3.63, 3.8) is 0 Å². The molecule has 0 amide bonds. The van der Waals surface area contributed by atoms with Gasteiger partial charge in [0.1, 0.15) is 0 Å². The molecule has 2 heterocycles. The zero-order valence-electron chi connectivity index (χ0n) is 15.3. The molecule has 0 bridgehead atoms. The van der Waals surface area contributed by atoms with Gasteiger partial charge in [0.15, 0.2) is 0 Å². The zero-order valence-corrected chi connectivity index (χ0v) is 16.9. The molecule has 2 aromatic carbocycles. The predicted molar refractivity (Wildman–Crippen MR) is 111 cm³/mol. The first kappa shape index (κ1) is 19.7. The van der Waals surface area contributed by atoms with E-state index in [2.05, 4.69) is 14.9 Å². The van der Waals surface area contributed by atoms with Crippen molar-refractivity contribution in [2.45, 2.75) is 11.3 Å². The largest absolute Gasteiger partial charge is 0.339 e. The Labute approximate surface area is 175 Å². The van der Waals surface area contributed by atoms with Crippen LogP contribution in [0.1, 0.15) is 11.5 Å². The van der Waals surface area contributed by atoms with E-state index in [1.54, 1.807) is 24.3 Å². The number of non-ortho nitro benzene ring substituents is 1. The van der Waals surface area contributed by atoms with Crippen molar-refractivity contribution in [3.8, 4) is 10.7 Å². The van der Waals surface area contributed by atoms with Crippen LogP contribution >= 0.6 is 11.3 Å². The van der Waals surface area contributed by atoms with Gasteiger partial charge in [0.05, 0.1) is 26.8 Å². The summed E-state index contributed by atoms with van der Waals surface area (Å²) in [7, 11) is -4.03. The van der Waals surface area contributed by atoms with Crippen LogP contribution in [0.15, 0.2) is 75.5 Å². The minimum Gasteiger partial charge on any atom is -0.339 e. The van der Waals surface area contributed by atoms with Gasteiger partial charge in [-0.15, -0.1) is 11.3 Å². The van der Waals surface area contributed by atoms with Gasteiger partial charge in [0.25, 0.3) is 15.7 Å². The second-order valence-electron chi connectivity index (χ2n) is 6.18. The summed E-state index contributed by atoms with van der Waals surface area (Å²) < 4.78 is 33.3. The van der Waals surface area contributed by atoms with E-state index in [0.717, 1.165) is 10.9 Å². The number of sulfonamides is 1. The van der Waals surface area contributed by atoms with Crippen molar-refractivity contribution in [2.75, 3.05) is 4.72 Å². The third-order valence-corrected chi connectivity index (χ3v) is 6.38. The lowest BCUT2D eigenvalue weighted by Gasteiger charge is -2.11. The molecule has 30 heavy (non-hydrogen) atoms. The van der Waals surface area contributed by atoms with E-state index >= 15 is 0 Å². The summed E-state index contributed by atoms with van der Waals surface area (Å²) in [5.74, 6) is 0.801. The number of nitro groups is 1. The van der Waals surface area contributed by atoms with Crippen molar-refractivity contribution in [1.29, 1.82) is 0 Å². The van der Waals surface area contributed by atoms with Crippen molar-refractivity contribution in [3.05, 3.63) is 87.6 Å². The van der Waals surface area contributed by atoms with Gasteiger partial charge in [0, 0.05) is 12.1 Å². The van der Waals surface area contributed by atoms with Crippen LogP contribution < -0.4 is 4.72 Å². The average Bonchev–Trinajstić information content (AvgIpc) is 3.41. The molecule has 0 spiro atoms. The first-order chi connectivity index (χ1) is 14.4. The van der Waals surface area contributed by atoms with E-state index in [1.807, 2.05) is 17.5 Å². The number of para-hydroxylation sites is 1. The highest BCUT2D eigenvalue weighted by molar-refractivity contribution is 7.92. The molecule has 0 unspecified atom stereocenters. The van der Waals surface area contributed by atoms with E-state index in [4.69, 9.17) is 4.52 Å². The van der Waals surface area contributed by atoms with Crippen molar-refractivity contribution in [1.82, 2.24) is 10.1 Å². The molecule has 2 aromatic heterocycles. The Hall–Kier alpha value is -3.57. The smallest absolute Gasteiger partial charge is 0.270 e. The highest BCUT2D eigenvalue weighted by Crippen LogP contribution is 2.26. The molecule has 0 saturated carbocycles. The molecule has 152 valence electrons. The maximum atomic E-state index is 12.8. The maximum Gasteiger partial charge on any atom is 0.270 e. The summed E-state index contributed by atoms with van der Waals surface area (Å²) in [5, 5.41) is 16.8. The SMILES string of the molecule is O=[N+]([O-])c1cccc(S(=O)(=O)Nc2ccccc2Cc2nc(-c3cccs3)no2)c1. The Balaban J connectivity index is 1.59. The summed E-state index contributed by atoms with van der Waals surface area (Å²) in [5.41, 5.74) is 0.630. The highest BCUT2D eigenvalue weighted by atomic mass is 32.2. The lowest BCUT2D eigenvalue weighted by atomic mass is 10.1. The molecule has 0 radical (unpaired) electrons. The molecule has 0 aliphatic carbocycles. The molecular formula is C19H14N4O5S2. The first-order valence-corrected chi connectivity index (χ1v) is 11.0. The monoisotopic (exact) mass is 442 g/mol. The minimum atomic E-state index is -4.03. The molecule has 1 N–H and O–H groups in total. The van der Waals surface area contributed by atoms with Crippen LogP contribution in [-0.2, 0) is 16.4 Å². The fourth-order valence-electron chi connectivity index (χ4n) is 2.74. The molecule has 11 heteroatoms. The fourth-order valence-corrected chi connectivity index (χ4v) is 4.53. The molecule has 0 aliphatic heterocycles. The Kier molecular flexibility index (Phi) is 5.29. The normalized spacial score (nSPS) is 11.3. The number of nitrogens with zero attached hydrogens (tertiary/aromatic N) is 3. The van der Waals surface area contributed by atoms with Crippen LogP contribution in [0, 0.1) is 10.1 Å². The third-order valence-electron chi connectivity index (χ3n) is 4.15. The van der Waals surface area contributed by atoms with Gasteiger partial charge < -0.3 is 4.52 Å². The van der Waals surface area contributed by atoms with Gasteiger partial charge in [-0.05, 0) is 29.1 Å². The van der Waals surface area contributed by atoms with Crippen molar-refractivity contribution < 1.29 is 17.9 Å². The van der Waals surface area contributed by atoms with E-state index < -0.39 is 14.9 Å². The van der Waals surface area contributed by atoms with Crippen molar-refractivity contribution in [2.24, 2.45) is 0 Å². The van der Waals surface area contributed by atoms with Gasteiger partial charge >= 0.3 is 0 Å². The molecule has 0 aliphatic rings. The van der Waals surface area contributed by atoms with E-state index in [9.17, 15) is 18.5 Å². The summed E-state index contributed by atoms with van der Waals surface area (Å²) in [6, 6.07) is 15.4. The quantitative estimate of drug-likeness (QED) is 0.337. The molecule has 4 rings (SSSR count). The van der Waals surface area contributed by atoms with E-state index in [0.29, 0.717) is 23.0 Å². The van der Waals surface area contributed by atoms with Crippen molar-refractivity contribution >= 4 is 32.7 Å². The number of benzene rings is 2. The summed E-state index contributed by atoms with van der Waals surface area (Å²) in [6.45, 7) is 0. The number of anilines is 1. The molecule has 0 atom stereocenters. The zero-order chi connectivity index (χ0) is 21.1. The molecule has 0 saturated heterocycles. The van der Waals surface area contributed by atoms with Crippen LogP contribution in [-0.4, -0.2) is 23.5 Å². The van der Waals surface area contributed by atoms with Crippen LogP contribution in [0.3, 0.4) is 0 Å². The minimum absolute atomic E-state index is 0.204. The molecule has 0 fully saturated rings. The third kappa shape index (κ3) is 4.21. The van der Waals surface area contributed by atoms with E-state index in [-0.39, 0.29) is 17.0 Å². The Morgan fingerprint density at radius 3 is 2.70 bits per heavy atom. The standard InChI is InChI=1S/C19H14N4O5S2/c24-23(25)14-6-3-7-15(12-14)30(26,27)22-16-8-2-1-5-13(16)11-18-20-19(21-28-18)17-9-4-10-29-17/h1-10,12,22H,11H2. The second-order valence-corrected chi connectivity index (χ2v) is 8.81. The van der Waals surface area contributed by atoms with Gasteiger partial charge in [-0.25, -0.2) is 8.42 Å². The topological polar surface area (TPSA) is 128 Å². The number of hydrogen-bond donors (Lipinski definition) is 1. The van der Waals surface area contributed by atoms with Crippen LogP contribution in [0.2, 0.25) is 0 Å². The summed E-state index contributed by atoms with van der Waals surface area (Å²) in [4.78, 5) is 15.3. The molecular weight excluding hydrogens is 428 g/mol. The average molecular weight is 442 g/mol.